The lowest BCUT2D eigenvalue weighted by Crippen LogP contribution is -2.65. The van der Waals surface area contributed by atoms with E-state index in [-0.39, 0.29) is 12.8 Å². The minimum atomic E-state index is -1.67. The number of carbonyl (C=O) groups excluding carboxylic acids is 5. The van der Waals surface area contributed by atoms with E-state index >= 15 is 0 Å². The van der Waals surface area contributed by atoms with E-state index in [1.807, 2.05) is 0 Å². The van der Waals surface area contributed by atoms with Crippen LogP contribution in [0.4, 0.5) is 0 Å². The Morgan fingerprint density at radius 1 is 0.974 bits per heavy atom. The van der Waals surface area contributed by atoms with Gasteiger partial charge in [-0.15, -0.1) is 0 Å². The molecule has 222 valence electrons. The summed E-state index contributed by atoms with van der Waals surface area (Å²) in [5.41, 5.74) is 5.28. The monoisotopic (exact) mass is 563 g/mol. The van der Waals surface area contributed by atoms with Gasteiger partial charge in [-0.05, 0) is 27.2 Å². The first-order valence-corrected chi connectivity index (χ1v) is 12.1. The number of carbonyl (C=O) groups is 6. The van der Waals surface area contributed by atoms with Gasteiger partial charge in [0.05, 0.1) is 6.61 Å². The molecule has 1 fully saturated rings. The summed E-state index contributed by atoms with van der Waals surface area (Å²) in [4.78, 5) is 71.2. The second kappa shape index (κ2) is 15.3. The predicted octanol–water partition coefficient (Wildman–Crippen LogP) is -4.82. The van der Waals surface area contributed by atoms with E-state index in [4.69, 9.17) is 20.3 Å². The fourth-order valence-corrected chi connectivity index (χ4v) is 3.56. The van der Waals surface area contributed by atoms with Crippen LogP contribution in [0.15, 0.2) is 0 Å². The largest absolute Gasteiger partial charge is 0.480 e. The standard InChI is InChI=1S/C22H37N5O12/c1-8(19(33)27-12(18(23)32)5-6-14(30)24-9(2)21(35)36)25-20(34)10(3)38-17-15(26-11(4)29)22(37)39-13(7-28)16(17)31/h8-10,12-13,15-17,22,28,31,37H,5-7H2,1-4H3,(H2,23,32)(H,24,30)(H,25,34)(H,26,29)(H,27,33)(H,35,36)/t8-,9-,10-,12+,13+,15+,16+,17+,22-/m0/s1. The molecule has 0 aromatic carbocycles. The van der Waals surface area contributed by atoms with Crippen molar-refractivity contribution in [1.82, 2.24) is 21.3 Å². The molecule has 0 aliphatic carbocycles. The predicted molar refractivity (Wildman–Crippen MR) is 129 cm³/mol. The van der Waals surface area contributed by atoms with Crippen LogP contribution in [0.1, 0.15) is 40.5 Å². The number of aliphatic hydroxyl groups is 3. The lowest BCUT2D eigenvalue weighted by molar-refractivity contribution is -0.266. The van der Waals surface area contributed by atoms with Crippen molar-refractivity contribution < 1.29 is 58.7 Å². The Balaban J connectivity index is 2.76. The van der Waals surface area contributed by atoms with Crippen LogP contribution in [-0.4, -0.2) is 117 Å². The van der Waals surface area contributed by atoms with Crippen molar-refractivity contribution in [2.45, 2.75) is 95.4 Å². The summed E-state index contributed by atoms with van der Waals surface area (Å²) in [6.45, 7) is 4.26. The topological polar surface area (TPSA) is 276 Å². The normalized spacial score (nSPS) is 25.8. The lowest BCUT2D eigenvalue weighted by Gasteiger charge is -2.43. The molecule has 17 heteroatoms. The third-order valence-electron chi connectivity index (χ3n) is 5.79. The molecule has 1 rings (SSSR count). The van der Waals surface area contributed by atoms with Crippen LogP contribution in [0.3, 0.4) is 0 Å². The van der Waals surface area contributed by atoms with Gasteiger partial charge in [0.2, 0.25) is 29.5 Å². The summed E-state index contributed by atoms with van der Waals surface area (Å²) in [7, 11) is 0. The van der Waals surface area contributed by atoms with Crippen molar-refractivity contribution in [3.05, 3.63) is 0 Å². The second-order valence-electron chi connectivity index (χ2n) is 9.07. The minimum absolute atomic E-state index is 0.236. The molecule has 10 N–H and O–H groups in total. The number of carboxylic acid groups (broad SMARTS) is 1. The van der Waals surface area contributed by atoms with Gasteiger partial charge in [-0.3, -0.25) is 28.8 Å². The summed E-state index contributed by atoms with van der Waals surface area (Å²) in [6, 6.07) is -4.98. The molecule has 1 saturated heterocycles. The molecule has 1 heterocycles. The van der Waals surface area contributed by atoms with Gasteiger partial charge in [0.25, 0.3) is 0 Å². The Hall–Kier alpha value is -3.38. The minimum Gasteiger partial charge on any atom is -0.480 e. The van der Waals surface area contributed by atoms with E-state index in [1.54, 1.807) is 0 Å². The van der Waals surface area contributed by atoms with Crippen molar-refractivity contribution in [3.63, 3.8) is 0 Å². The van der Waals surface area contributed by atoms with Crippen LogP contribution in [-0.2, 0) is 38.2 Å². The first kappa shape index (κ1) is 33.6. The third kappa shape index (κ3) is 10.4. The average molecular weight is 564 g/mol. The summed E-state index contributed by atoms with van der Waals surface area (Å²) in [6.07, 6.45) is -7.75. The van der Waals surface area contributed by atoms with Gasteiger partial charge in [0.1, 0.15) is 48.6 Å². The number of nitrogens with one attached hydrogen (secondary N) is 4. The van der Waals surface area contributed by atoms with E-state index < -0.39 is 97.0 Å². The molecule has 0 saturated carbocycles. The number of aliphatic hydroxyl groups excluding tert-OH is 3. The summed E-state index contributed by atoms with van der Waals surface area (Å²) >= 11 is 0. The molecule has 5 amide bonds. The molecule has 0 radical (unpaired) electrons. The molecule has 1 aliphatic heterocycles. The highest BCUT2D eigenvalue weighted by Crippen LogP contribution is 2.23. The second-order valence-corrected chi connectivity index (χ2v) is 9.07. The summed E-state index contributed by atoms with van der Waals surface area (Å²) in [5.74, 6) is -5.17. The maximum absolute atomic E-state index is 12.7. The van der Waals surface area contributed by atoms with Gasteiger partial charge in [0.15, 0.2) is 6.29 Å². The van der Waals surface area contributed by atoms with Gasteiger partial charge in [0, 0.05) is 13.3 Å². The quantitative estimate of drug-likeness (QED) is 0.0962. The zero-order chi connectivity index (χ0) is 30.0. The highest BCUT2D eigenvalue weighted by molar-refractivity contribution is 5.92. The molecule has 1 aliphatic rings. The lowest BCUT2D eigenvalue weighted by atomic mass is 9.96. The Morgan fingerprint density at radius 2 is 1.59 bits per heavy atom. The number of primary amides is 1. The highest BCUT2D eigenvalue weighted by Gasteiger charge is 2.47. The zero-order valence-corrected chi connectivity index (χ0v) is 21.9. The average Bonchev–Trinajstić information content (AvgIpc) is 2.84. The van der Waals surface area contributed by atoms with E-state index in [0.29, 0.717) is 0 Å². The van der Waals surface area contributed by atoms with Crippen molar-refractivity contribution in [3.8, 4) is 0 Å². The SMILES string of the molecule is CC(=O)N[C@@H]1[C@@H](O[C@@H](C)C(=O)N[C@@H](C)C(=O)N[C@H](CCC(=O)N[C@@H](C)C(=O)O)C(N)=O)[C@H](O)[C@@H](CO)O[C@@H]1O. The highest BCUT2D eigenvalue weighted by atomic mass is 16.6. The summed E-state index contributed by atoms with van der Waals surface area (Å²) in [5, 5.41) is 48.0. The Labute approximate surface area is 223 Å². The van der Waals surface area contributed by atoms with Crippen LogP contribution >= 0.6 is 0 Å². The summed E-state index contributed by atoms with van der Waals surface area (Å²) < 4.78 is 10.6. The molecule has 0 aromatic heterocycles. The smallest absolute Gasteiger partial charge is 0.325 e. The van der Waals surface area contributed by atoms with Crippen LogP contribution < -0.4 is 27.0 Å². The number of hydrogen-bond acceptors (Lipinski definition) is 11. The Morgan fingerprint density at radius 3 is 2.10 bits per heavy atom. The van der Waals surface area contributed by atoms with E-state index in [2.05, 4.69) is 21.3 Å². The Kier molecular flexibility index (Phi) is 13.2. The van der Waals surface area contributed by atoms with Gasteiger partial charge in [-0.2, -0.15) is 0 Å². The first-order chi connectivity index (χ1) is 18.1. The van der Waals surface area contributed by atoms with Crippen LogP contribution in [0.2, 0.25) is 0 Å². The van der Waals surface area contributed by atoms with Gasteiger partial charge in [-0.25, -0.2) is 0 Å². The van der Waals surface area contributed by atoms with Gasteiger partial charge >= 0.3 is 5.97 Å². The molecule has 9 atom stereocenters. The third-order valence-corrected chi connectivity index (χ3v) is 5.79. The number of amides is 5. The fourth-order valence-electron chi connectivity index (χ4n) is 3.56. The number of carboxylic acids is 1. The van der Waals surface area contributed by atoms with Gasteiger partial charge < -0.3 is 56.9 Å². The van der Waals surface area contributed by atoms with Gasteiger partial charge in [-0.1, -0.05) is 0 Å². The maximum atomic E-state index is 12.7. The van der Waals surface area contributed by atoms with E-state index in [9.17, 15) is 44.1 Å². The van der Waals surface area contributed by atoms with Crippen molar-refractivity contribution in [2.75, 3.05) is 6.61 Å². The van der Waals surface area contributed by atoms with Crippen molar-refractivity contribution >= 4 is 35.5 Å². The number of rotatable bonds is 14. The molecule has 0 spiro atoms. The number of ether oxygens (including phenoxy) is 2. The van der Waals surface area contributed by atoms with Crippen molar-refractivity contribution in [2.24, 2.45) is 5.73 Å². The molecular weight excluding hydrogens is 526 g/mol. The van der Waals surface area contributed by atoms with E-state index in [1.165, 1.54) is 20.8 Å². The molecule has 39 heavy (non-hydrogen) atoms. The fraction of sp³-hybridized carbons (Fsp3) is 0.727. The number of hydrogen-bond donors (Lipinski definition) is 9. The number of aliphatic carboxylic acids is 1. The van der Waals surface area contributed by atoms with E-state index in [0.717, 1.165) is 6.92 Å². The van der Waals surface area contributed by atoms with Crippen molar-refractivity contribution in [1.29, 1.82) is 0 Å². The Bertz CT molecular complexity index is 918. The zero-order valence-electron chi connectivity index (χ0n) is 21.9. The molecule has 0 aromatic rings. The molecule has 0 bridgehead atoms. The van der Waals surface area contributed by atoms with Crippen LogP contribution in [0.25, 0.3) is 0 Å². The maximum Gasteiger partial charge on any atom is 0.325 e. The van der Waals surface area contributed by atoms with Crippen LogP contribution in [0, 0.1) is 0 Å². The number of nitrogens with two attached hydrogens (primary N) is 1. The molecular formula is C22H37N5O12. The van der Waals surface area contributed by atoms with Crippen LogP contribution in [0.5, 0.6) is 0 Å². The molecule has 0 unspecified atom stereocenters. The molecule has 17 nitrogen and oxygen atoms in total. The first-order valence-electron chi connectivity index (χ1n) is 12.1.